The third kappa shape index (κ3) is 6.45. The molecule has 1 fully saturated rings. The zero-order valence-corrected chi connectivity index (χ0v) is 21.4. The van der Waals surface area contributed by atoms with E-state index in [1.165, 1.54) is 11.8 Å². The fraction of sp³-hybridized carbons (Fsp3) is 0.600. The highest BCUT2D eigenvalue weighted by Gasteiger charge is 2.41. The number of imidazole rings is 1. The van der Waals surface area contributed by atoms with E-state index in [0.29, 0.717) is 13.2 Å². The van der Waals surface area contributed by atoms with Gasteiger partial charge < -0.3 is 29.6 Å². The smallest absolute Gasteiger partial charge is 0.415 e. The number of carbonyl (C=O) groups excluding carboxylic acids is 1. The zero-order valence-electron chi connectivity index (χ0n) is 21.4. The molecule has 1 unspecified atom stereocenters. The molecule has 1 amide bonds. The van der Waals surface area contributed by atoms with Crippen molar-refractivity contribution in [3.05, 3.63) is 46.1 Å². The lowest BCUT2D eigenvalue weighted by Crippen LogP contribution is -2.46. The summed E-state index contributed by atoms with van der Waals surface area (Å²) in [5.74, 6) is 0.512. The van der Waals surface area contributed by atoms with Gasteiger partial charge in [-0.3, -0.25) is 9.47 Å². The van der Waals surface area contributed by atoms with Crippen LogP contribution >= 0.6 is 0 Å². The predicted molar refractivity (Wildman–Crippen MR) is 132 cm³/mol. The number of ether oxygens (including phenoxy) is 3. The van der Waals surface area contributed by atoms with E-state index in [0.717, 1.165) is 44.6 Å². The average molecular weight is 502 g/mol. The average Bonchev–Trinajstić information content (AvgIpc) is 3.35. The molecule has 196 valence electrons. The number of likely N-dealkylation sites (tertiary alicyclic amines) is 1. The first kappa shape index (κ1) is 25.7. The minimum Gasteiger partial charge on any atom is -0.489 e. The Balaban J connectivity index is 1.19. The molecular weight excluding hydrogens is 466 g/mol. The molecule has 0 radical (unpaired) electrons. The van der Waals surface area contributed by atoms with Gasteiger partial charge in [0.15, 0.2) is 5.60 Å². The summed E-state index contributed by atoms with van der Waals surface area (Å²) in [6.07, 6.45) is 3.60. The fourth-order valence-electron chi connectivity index (χ4n) is 4.30. The highest BCUT2D eigenvalue weighted by molar-refractivity contribution is 5.68. The normalized spacial score (nSPS) is 20.4. The highest BCUT2D eigenvalue weighted by atomic mass is 16.6. The molecule has 1 aromatic carbocycles. The molecule has 1 aromatic heterocycles. The van der Waals surface area contributed by atoms with Gasteiger partial charge in [-0.25, -0.2) is 4.79 Å². The molecule has 0 bridgehead atoms. The van der Waals surface area contributed by atoms with Crippen LogP contribution in [0.15, 0.2) is 30.5 Å². The second-order valence-corrected chi connectivity index (χ2v) is 10.4. The number of hydrogen-bond acceptors (Lipinski definition) is 8. The quantitative estimate of drug-likeness (QED) is 0.406. The summed E-state index contributed by atoms with van der Waals surface area (Å²) in [6, 6.07) is 8.36. The van der Waals surface area contributed by atoms with E-state index in [1.807, 2.05) is 39.8 Å². The Morgan fingerprint density at radius 2 is 2.00 bits per heavy atom. The van der Waals surface area contributed by atoms with Gasteiger partial charge in [0.25, 0.3) is 0 Å². The van der Waals surface area contributed by atoms with Crippen LogP contribution in [0, 0.1) is 10.1 Å². The fourth-order valence-corrected chi connectivity index (χ4v) is 4.30. The number of benzene rings is 1. The summed E-state index contributed by atoms with van der Waals surface area (Å²) in [4.78, 5) is 28.7. The van der Waals surface area contributed by atoms with Gasteiger partial charge in [-0.15, -0.1) is 0 Å². The van der Waals surface area contributed by atoms with E-state index in [2.05, 4.69) is 27.3 Å². The van der Waals surface area contributed by atoms with E-state index in [9.17, 15) is 14.9 Å². The minimum atomic E-state index is -0.646. The number of hydrogen-bond donors (Lipinski definition) is 1. The molecule has 11 heteroatoms. The van der Waals surface area contributed by atoms with Crippen LogP contribution < -0.4 is 14.8 Å². The standard InChI is InChI=1S/C25H35N5O6/c1-5-24(2,3)36-23(31)26-19-10-12-28(13-11-19)14-18-6-8-20(9-7-18)34-17-25(4)16-29-15-21(30(32)33)27-22(29)35-25/h6-9,15,19H,5,10-14,16-17H2,1-4H3,(H,26,31). The lowest BCUT2D eigenvalue weighted by molar-refractivity contribution is -0.389. The first-order chi connectivity index (χ1) is 17.0. The Hall–Kier alpha value is -3.34. The summed E-state index contributed by atoms with van der Waals surface area (Å²) in [7, 11) is 0. The third-order valence-corrected chi connectivity index (χ3v) is 6.76. The Morgan fingerprint density at radius 3 is 2.61 bits per heavy atom. The summed E-state index contributed by atoms with van der Waals surface area (Å²) in [6.45, 7) is 11.1. The van der Waals surface area contributed by atoms with Crippen molar-refractivity contribution in [2.75, 3.05) is 19.7 Å². The zero-order chi connectivity index (χ0) is 25.9. The topological polar surface area (TPSA) is 121 Å². The van der Waals surface area contributed by atoms with E-state index in [1.54, 1.807) is 4.57 Å². The van der Waals surface area contributed by atoms with E-state index < -0.39 is 16.1 Å². The Bertz CT molecular complexity index is 1050. The van der Waals surface area contributed by atoms with Crippen molar-refractivity contribution in [1.29, 1.82) is 0 Å². The van der Waals surface area contributed by atoms with E-state index in [4.69, 9.17) is 14.2 Å². The Kier molecular flexibility index (Phi) is 7.39. The molecule has 1 saturated heterocycles. The van der Waals surface area contributed by atoms with Crippen molar-refractivity contribution in [3.8, 4) is 11.8 Å². The van der Waals surface area contributed by atoms with Crippen LogP contribution in [-0.2, 0) is 17.8 Å². The maximum Gasteiger partial charge on any atom is 0.415 e. The third-order valence-electron chi connectivity index (χ3n) is 6.76. The molecule has 3 heterocycles. The first-order valence-corrected chi connectivity index (χ1v) is 12.4. The molecule has 2 aromatic rings. The Morgan fingerprint density at radius 1 is 1.31 bits per heavy atom. The molecular formula is C25H35N5O6. The van der Waals surface area contributed by atoms with Crippen molar-refractivity contribution in [2.24, 2.45) is 0 Å². The van der Waals surface area contributed by atoms with Crippen molar-refractivity contribution in [1.82, 2.24) is 19.8 Å². The van der Waals surface area contributed by atoms with Gasteiger partial charge in [0, 0.05) is 30.7 Å². The summed E-state index contributed by atoms with van der Waals surface area (Å²) >= 11 is 0. The number of fused-ring (bicyclic) bond motifs is 1. The summed E-state index contributed by atoms with van der Waals surface area (Å²) < 4.78 is 18.9. The molecule has 1 atom stereocenters. The largest absolute Gasteiger partial charge is 0.489 e. The SMILES string of the molecule is CCC(C)(C)OC(=O)NC1CCN(Cc2ccc(OCC3(C)Cn4cc([N+](=O)[O-])nc4O3)cc2)CC1. The van der Waals surface area contributed by atoms with Crippen LogP contribution in [0.5, 0.6) is 11.8 Å². The van der Waals surface area contributed by atoms with Gasteiger partial charge in [0.05, 0.1) is 6.54 Å². The van der Waals surface area contributed by atoms with Gasteiger partial charge in [0.1, 0.15) is 24.2 Å². The number of nitrogens with one attached hydrogen (secondary N) is 1. The maximum absolute atomic E-state index is 12.1. The van der Waals surface area contributed by atoms with E-state index in [-0.39, 0.29) is 24.0 Å². The van der Waals surface area contributed by atoms with Crippen LogP contribution in [0.1, 0.15) is 52.5 Å². The van der Waals surface area contributed by atoms with Crippen molar-refractivity contribution in [3.63, 3.8) is 0 Å². The number of nitrogens with zero attached hydrogens (tertiary/aromatic N) is 4. The monoisotopic (exact) mass is 501 g/mol. The highest BCUT2D eigenvalue weighted by Crippen LogP contribution is 2.31. The lowest BCUT2D eigenvalue weighted by atomic mass is 10.0. The number of alkyl carbamates (subject to hydrolysis) is 1. The Labute approximate surface area is 210 Å². The number of carbonyl (C=O) groups is 1. The van der Waals surface area contributed by atoms with Gasteiger partial charge in [-0.05, 0) is 62.7 Å². The molecule has 0 aliphatic carbocycles. The summed E-state index contributed by atoms with van der Waals surface area (Å²) in [5.41, 5.74) is 0.0933. The van der Waals surface area contributed by atoms with Crippen molar-refractivity contribution >= 4 is 11.9 Å². The van der Waals surface area contributed by atoms with Gasteiger partial charge >= 0.3 is 17.9 Å². The molecule has 0 spiro atoms. The number of aromatic nitrogens is 2. The molecule has 0 saturated carbocycles. The molecule has 36 heavy (non-hydrogen) atoms. The first-order valence-electron chi connectivity index (χ1n) is 12.4. The van der Waals surface area contributed by atoms with Crippen LogP contribution in [0.4, 0.5) is 10.6 Å². The number of piperidine rings is 1. The van der Waals surface area contributed by atoms with Crippen LogP contribution in [0.3, 0.4) is 0 Å². The second-order valence-electron chi connectivity index (χ2n) is 10.4. The summed E-state index contributed by atoms with van der Waals surface area (Å²) in [5, 5.41) is 13.9. The van der Waals surface area contributed by atoms with Crippen LogP contribution in [0.25, 0.3) is 0 Å². The van der Waals surface area contributed by atoms with Crippen molar-refractivity contribution in [2.45, 2.75) is 77.3 Å². The molecule has 2 aliphatic rings. The van der Waals surface area contributed by atoms with E-state index >= 15 is 0 Å². The number of nitro groups is 1. The second kappa shape index (κ2) is 10.3. The number of amides is 1. The van der Waals surface area contributed by atoms with Gasteiger partial charge in [-0.2, -0.15) is 0 Å². The molecule has 1 N–H and O–H groups in total. The molecule has 2 aliphatic heterocycles. The molecule has 4 rings (SSSR count). The number of rotatable bonds is 9. The lowest BCUT2D eigenvalue weighted by Gasteiger charge is -2.33. The van der Waals surface area contributed by atoms with Crippen LogP contribution in [-0.4, -0.2) is 62.4 Å². The van der Waals surface area contributed by atoms with Gasteiger partial charge in [-0.1, -0.05) is 19.1 Å². The predicted octanol–water partition coefficient (Wildman–Crippen LogP) is 3.90. The van der Waals surface area contributed by atoms with Crippen LogP contribution in [0.2, 0.25) is 0 Å². The minimum absolute atomic E-state index is 0.139. The molecule has 11 nitrogen and oxygen atoms in total. The van der Waals surface area contributed by atoms with Gasteiger partial charge in [0.2, 0.25) is 0 Å². The maximum atomic E-state index is 12.1. The van der Waals surface area contributed by atoms with Crippen molar-refractivity contribution < 1.29 is 23.9 Å².